The van der Waals surface area contributed by atoms with Crippen LogP contribution in [0.2, 0.25) is 0 Å². The van der Waals surface area contributed by atoms with E-state index in [9.17, 15) is 38.8 Å². The van der Waals surface area contributed by atoms with E-state index in [1.807, 2.05) is 20.8 Å². The van der Waals surface area contributed by atoms with E-state index in [4.69, 9.17) is 4.52 Å². The first-order valence-corrected chi connectivity index (χ1v) is 14.8. The van der Waals surface area contributed by atoms with Crippen molar-refractivity contribution in [1.29, 1.82) is 0 Å². The molecule has 0 saturated heterocycles. The molecule has 2 aromatic carbocycles. The molecule has 0 fully saturated rings. The number of hydrogen-bond acceptors (Lipinski definition) is 9. The van der Waals surface area contributed by atoms with Gasteiger partial charge in [-0.1, -0.05) is 27.2 Å². The molecule has 1 atom stereocenters. The van der Waals surface area contributed by atoms with Crippen LogP contribution in [0.25, 0.3) is 0 Å². The van der Waals surface area contributed by atoms with Gasteiger partial charge in [0.2, 0.25) is 5.91 Å². The number of nitrogens with one attached hydrogen (secondary N) is 2. The largest absolute Gasteiger partial charge is 0.527 e. The summed E-state index contributed by atoms with van der Waals surface area (Å²) < 4.78 is 21.7. The SMILES string of the molecule is COP(=O)(O)Oc1cc(C(=O)Nc2ccc(C(C)(C)C)c([N+](=O)[O-])c2)ccc1NC(=O)CCCCCN1C(=O)C=CC1=O. The highest BCUT2D eigenvalue weighted by atomic mass is 31.2. The van der Waals surface area contributed by atoms with Crippen LogP contribution in [0.5, 0.6) is 5.75 Å². The first-order chi connectivity index (χ1) is 20.1. The fraction of sp³-hybridized carbons (Fsp3) is 0.357. The third-order valence-corrected chi connectivity index (χ3v) is 7.30. The normalized spacial score (nSPS) is 14.4. The number of nitrogens with zero attached hydrogens (tertiary/aromatic N) is 2. The Hall–Kier alpha value is -4.39. The Bertz CT molecular complexity index is 1500. The van der Waals surface area contributed by atoms with Gasteiger partial charge in [0.1, 0.15) is 0 Å². The molecule has 1 aliphatic rings. The predicted octanol–water partition coefficient (Wildman–Crippen LogP) is 4.69. The number of nitro groups is 1. The van der Waals surface area contributed by atoms with Crippen LogP contribution in [0.3, 0.4) is 0 Å². The van der Waals surface area contributed by atoms with Crippen LogP contribution < -0.4 is 15.2 Å². The van der Waals surface area contributed by atoms with Gasteiger partial charge < -0.3 is 15.2 Å². The molecule has 0 spiro atoms. The number of carbonyl (C=O) groups excluding carboxylic acids is 4. The quantitative estimate of drug-likeness (QED) is 0.0934. The maximum atomic E-state index is 13.0. The number of hydrogen-bond donors (Lipinski definition) is 3. The molecule has 3 N–H and O–H groups in total. The number of benzene rings is 2. The lowest BCUT2D eigenvalue weighted by molar-refractivity contribution is -0.385. The number of nitro benzene ring substituents is 1. The molecule has 1 aliphatic heterocycles. The molecule has 0 saturated carbocycles. The van der Waals surface area contributed by atoms with Gasteiger partial charge in [-0.25, -0.2) is 4.57 Å². The zero-order valence-corrected chi connectivity index (χ0v) is 25.0. The van der Waals surface area contributed by atoms with E-state index in [1.54, 1.807) is 6.07 Å². The molecule has 15 heteroatoms. The molecular weight excluding hydrogens is 583 g/mol. The van der Waals surface area contributed by atoms with Crippen LogP contribution in [0.15, 0.2) is 48.6 Å². The van der Waals surface area contributed by atoms with Gasteiger partial charge in [-0.05, 0) is 48.6 Å². The van der Waals surface area contributed by atoms with E-state index in [0.717, 1.165) is 18.1 Å². The van der Waals surface area contributed by atoms with E-state index in [1.165, 1.54) is 36.4 Å². The van der Waals surface area contributed by atoms with Gasteiger partial charge in [-0.3, -0.25) is 43.6 Å². The summed E-state index contributed by atoms with van der Waals surface area (Å²) in [5, 5.41) is 16.8. The van der Waals surface area contributed by atoms with Crippen molar-refractivity contribution in [3.63, 3.8) is 0 Å². The highest BCUT2D eigenvalue weighted by Crippen LogP contribution is 2.45. The van der Waals surface area contributed by atoms with Crippen LogP contribution in [-0.4, -0.2) is 52.0 Å². The molecule has 1 unspecified atom stereocenters. The molecule has 0 aliphatic carbocycles. The minimum Gasteiger partial charge on any atom is -0.402 e. The second kappa shape index (κ2) is 13.7. The number of amides is 4. The Labute approximate surface area is 247 Å². The third kappa shape index (κ3) is 9.05. The molecular formula is C28H33N4O10P. The topological polar surface area (TPSA) is 194 Å². The summed E-state index contributed by atoms with van der Waals surface area (Å²) in [6.45, 7) is 5.73. The van der Waals surface area contributed by atoms with E-state index < -0.39 is 30.0 Å². The summed E-state index contributed by atoms with van der Waals surface area (Å²) in [7, 11) is -3.65. The van der Waals surface area contributed by atoms with Crippen molar-refractivity contribution in [2.75, 3.05) is 24.3 Å². The fourth-order valence-electron chi connectivity index (χ4n) is 4.20. The highest BCUT2D eigenvalue weighted by Gasteiger charge is 2.27. The van der Waals surface area contributed by atoms with Gasteiger partial charge in [-0.15, -0.1) is 0 Å². The maximum absolute atomic E-state index is 13.0. The monoisotopic (exact) mass is 616 g/mol. The number of phosphoric ester groups is 1. The summed E-state index contributed by atoms with van der Waals surface area (Å²) in [6, 6.07) is 8.10. The van der Waals surface area contributed by atoms with Crippen molar-refractivity contribution < 1.29 is 42.6 Å². The zero-order chi connectivity index (χ0) is 31.9. The van der Waals surface area contributed by atoms with Crippen molar-refractivity contribution in [3.05, 3.63) is 69.8 Å². The van der Waals surface area contributed by atoms with Crippen LogP contribution in [-0.2, 0) is 28.9 Å². The molecule has 3 rings (SSSR count). The Kier molecular flexibility index (Phi) is 10.6. The molecule has 14 nitrogen and oxygen atoms in total. The lowest BCUT2D eigenvalue weighted by atomic mass is 9.85. The Morgan fingerprint density at radius 3 is 2.30 bits per heavy atom. The minimum absolute atomic E-state index is 0.00243. The third-order valence-electron chi connectivity index (χ3n) is 6.41. The predicted molar refractivity (Wildman–Crippen MR) is 157 cm³/mol. The van der Waals surface area contributed by atoms with Crippen LogP contribution >= 0.6 is 7.82 Å². The number of rotatable bonds is 13. The Balaban J connectivity index is 1.69. The van der Waals surface area contributed by atoms with Crippen LogP contribution in [0.4, 0.5) is 17.1 Å². The van der Waals surface area contributed by atoms with Gasteiger partial charge in [0, 0.05) is 55.1 Å². The summed E-state index contributed by atoms with van der Waals surface area (Å²) in [5.41, 5.74) is -0.0701. The van der Waals surface area contributed by atoms with E-state index in [2.05, 4.69) is 15.2 Å². The zero-order valence-electron chi connectivity index (χ0n) is 24.1. The van der Waals surface area contributed by atoms with Crippen molar-refractivity contribution in [1.82, 2.24) is 4.90 Å². The molecule has 43 heavy (non-hydrogen) atoms. The van der Waals surface area contributed by atoms with Crippen molar-refractivity contribution in [2.24, 2.45) is 0 Å². The van der Waals surface area contributed by atoms with Gasteiger partial charge in [0.15, 0.2) is 5.75 Å². The van der Waals surface area contributed by atoms with Crippen molar-refractivity contribution >= 4 is 48.5 Å². The van der Waals surface area contributed by atoms with Gasteiger partial charge in [-0.2, -0.15) is 0 Å². The first kappa shape index (κ1) is 33.1. The number of imide groups is 1. The molecule has 0 radical (unpaired) electrons. The van der Waals surface area contributed by atoms with Crippen molar-refractivity contribution in [3.8, 4) is 5.75 Å². The molecule has 0 bridgehead atoms. The summed E-state index contributed by atoms with van der Waals surface area (Å²) in [4.78, 5) is 70.9. The Morgan fingerprint density at radius 2 is 1.70 bits per heavy atom. The lowest BCUT2D eigenvalue weighted by Gasteiger charge is -2.19. The summed E-state index contributed by atoms with van der Waals surface area (Å²) in [6.07, 6.45) is 3.96. The average Bonchev–Trinajstić information content (AvgIpc) is 3.25. The molecule has 2 aromatic rings. The number of phosphoric acid groups is 1. The van der Waals surface area contributed by atoms with Crippen molar-refractivity contribution in [2.45, 2.75) is 51.9 Å². The minimum atomic E-state index is -4.60. The molecule has 1 heterocycles. The first-order valence-electron chi connectivity index (χ1n) is 13.3. The van der Waals surface area contributed by atoms with E-state index >= 15 is 0 Å². The van der Waals surface area contributed by atoms with Crippen LogP contribution in [0.1, 0.15) is 62.4 Å². The van der Waals surface area contributed by atoms with Gasteiger partial charge >= 0.3 is 7.82 Å². The van der Waals surface area contributed by atoms with Gasteiger partial charge in [0.05, 0.1) is 10.6 Å². The Morgan fingerprint density at radius 1 is 1.02 bits per heavy atom. The average molecular weight is 617 g/mol. The number of unbranched alkanes of at least 4 members (excludes halogenated alkanes) is 2. The summed E-state index contributed by atoms with van der Waals surface area (Å²) >= 11 is 0. The molecule has 230 valence electrons. The molecule has 0 aromatic heterocycles. The number of anilines is 2. The number of carbonyl (C=O) groups is 4. The highest BCUT2D eigenvalue weighted by molar-refractivity contribution is 7.47. The fourth-order valence-corrected chi connectivity index (χ4v) is 4.67. The lowest BCUT2D eigenvalue weighted by Crippen LogP contribution is -2.30. The van der Waals surface area contributed by atoms with Crippen LogP contribution in [0, 0.1) is 10.1 Å². The standard InChI is InChI=1S/C28H33N4O10P/c1-28(2,3)20-11-10-19(17-22(20)32(37)38)29-27(36)18-9-12-21(23(16-18)42-43(39,40)41-4)30-24(33)8-6-5-7-15-31-25(34)13-14-26(31)35/h9-14,16-17H,5-8,15H2,1-4H3,(H,29,36)(H,30,33)(H,39,40). The van der Waals surface area contributed by atoms with E-state index in [-0.39, 0.29) is 53.2 Å². The summed E-state index contributed by atoms with van der Waals surface area (Å²) in [5.74, 6) is -2.21. The van der Waals surface area contributed by atoms with Gasteiger partial charge in [0.25, 0.3) is 23.4 Å². The second-order valence-electron chi connectivity index (χ2n) is 10.7. The smallest absolute Gasteiger partial charge is 0.402 e. The second-order valence-corrected chi connectivity index (χ2v) is 12.2. The maximum Gasteiger partial charge on any atom is 0.527 e. The molecule has 4 amide bonds. The van der Waals surface area contributed by atoms with E-state index in [0.29, 0.717) is 24.8 Å².